The predicted molar refractivity (Wildman–Crippen MR) is 58.5 cm³/mol. The largest absolute Gasteiger partial charge is 0.426 e. The summed E-state index contributed by atoms with van der Waals surface area (Å²) in [5.74, 6) is -0.782. The minimum atomic E-state index is -4.71. The SMILES string of the molecule is O=S(=O)(C/C=C(/Cl)C(F)(F)F)c1ccccc1. The number of benzene rings is 1. The van der Waals surface area contributed by atoms with Crippen molar-refractivity contribution in [2.24, 2.45) is 0 Å². The lowest BCUT2D eigenvalue weighted by Gasteiger charge is -2.05. The molecule has 0 radical (unpaired) electrons. The Morgan fingerprint density at radius 2 is 1.76 bits per heavy atom. The van der Waals surface area contributed by atoms with Crippen LogP contribution in [0.15, 0.2) is 46.3 Å². The monoisotopic (exact) mass is 284 g/mol. The highest BCUT2D eigenvalue weighted by Gasteiger charge is 2.32. The molecule has 7 heteroatoms. The van der Waals surface area contributed by atoms with Crippen LogP contribution in [0.1, 0.15) is 0 Å². The molecule has 0 unspecified atom stereocenters. The topological polar surface area (TPSA) is 34.1 Å². The molecule has 0 atom stereocenters. The van der Waals surface area contributed by atoms with E-state index in [9.17, 15) is 21.6 Å². The van der Waals surface area contributed by atoms with E-state index in [4.69, 9.17) is 11.6 Å². The third-order valence-electron chi connectivity index (χ3n) is 1.86. The average molecular weight is 285 g/mol. The summed E-state index contributed by atoms with van der Waals surface area (Å²) >= 11 is 4.92. The van der Waals surface area contributed by atoms with Crippen LogP contribution in [0.2, 0.25) is 0 Å². The van der Waals surface area contributed by atoms with Gasteiger partial charge in [0.15, 0.2) is 9.84 Å². The van der Waals surface area contributed by atoms with Gasteiger partial charge in [-0.05, 0) is 18.2 Å². The lowest BCUT2D eigenvalue weighted by atomic mass is 10.4. The molecule has 2 nitrogen and oxygen atoms in total. The highest BCUT2D eigenvalue weighted by atomic mass is 35.5. The highest BCUT2D eigenvalue weighted by molar-refractivity contribution is 7.91. The lowest BCUT2D eigenvalue weighted by molar-refractivity contribution is -0.0846. The summed E-state index contributed by atoms with van der Waals surface area (Å²) < 4.78 is 59.3. The average Bonchev–Trinajstić information content (AvgIpc) is 2.26. The zero-order valence-corrected chi connectivity index (χ0v) is 9.98. The number of rotatable bonds is 3. The van der Waals surface area contributed by atoms with E-state index in [0.29, 0.717) is 6.08 Å². The first-order valence-corrected chi connectivity index (χ1v) is 6.47. The van der Waals surface area contributed by atoms with E-state index in [0.717, 1.165) is 0 Å². The van der Waals surface area contributed by atoms with Gasteiger partial charge in [-0.3, -0.25) is 0 Å². The Morgan fingerprint density at radius 3 is 2.24 bits per heavy atom. The van der Waals surface area contributed by atoms with Gasteiger partial charge >= 0.3 is 6.18 Å². The minimum Gasteiger partial charge on any atom is -0.223 e. The number of allylic oxidation sites excluding steroid dienone is 1. The van der Waals surface area contributed by atoms with E-state index in [1.807, 2.05) is 0 Å². The molecule has 0 fully saturated rings. The van der Waals surface area contributed by atoms with Crippen molar-refractivity contribution in [3.8, 4) is 0 Å². The normalized spacial score (nSPS) is 13.8. The Hall–Kier alpha value is -1.01. The summed E-state index contributed by atoms with van der Waals surface area (Å²) in [6, 6.07) is 7.21. The van der Waals surface area contributed by atoms with E-state index in [1.54, 1.807) is 6.07 Å². The Labute approximate surface area is 102 Å². The van der Waals surface area contributed by atoms with Crippen LogP contribution in [-0.4, -0.2) is 20.3 Å². The molecule has 0 N–H and O–H groups in total. The smallest absolute Gasteiger partial charge is 0.223 e. The van der Waals surface area contributed by atoms with Crippen molar-refractivity contribution in [1.29, 1.82) is 0 Å². The van der Waals surface area contributed by atoms with Crippen LogP contribution in [0.5, 0.6) is 0 Å². The molecule has 0 bridgehead atoms. The van der Waals surface area contributed by atoms with Gasteiger partial charge in [0, 0.05) is 0 Å². The second-order valence-electron chi connectivity index (χ2n) is 3.14. The summed E-state index contributed by atoms with van der Waals surface area (Å²) in [6.45, 7) is 0. The van der Waals surface area contributed by atoms with E-state index < -0.39 is 26.8 Å². The molecule has 17 heavy (non-hydrogen) atoms. The fourth-order valence-corrected chi connectivity index (χ4v) is 2.34. The summed E-state index contributed by atoms with van der Waals surface area (Å²) in [5, 5.41) is -1.43. The quantitative estimate of drug-likeness (QED) is 0.854. The van der Waals surface area contributed by atoms with Crippen LogP contribution >= 0.6 is 11.6 Å². The van der Waals surface area contributed by atoms with Crippen LogP contribution in [0, 0.1) is 0 Å². The summed E-state index contributed by atoms with van der Waals surface area (Å²) in [5.41, 5.74) is 0. The second-order valence-corrected chi connectivity index (χ2v) is 5.59. The molecule has 0 saturated heterocycles. The molecular weight excluding hydrogens is 277 g/mol. The molecule has 94 valence electrons. The van der Waals surface area contributed by atoms with Crippen molar-refractivity contribution in [2.45, 2.75) is 11.1 Å². The molecule has 0 aliphatic heterocycles. The van der Waals surface area contributed by atoms with Crippen LogP contribution in [0.4, 0.5) is 13.2 Å². The van der Waals surface area contributed by atoms with E-state index >= 15 is 0 Å². The maximum atomic E-state index is 12.0. The maximum absolute atomic E-state index is 12.0. The van der Waals surface area contributed by atoms with Crippen LogP contribution in [0.25, 0.3) is 0 Å². The molecule has 0 aliphatic carbocycles. The second kappa shape index (κ2) is 5.10. The molecule has 1 aromatic rings. The number of alkyl halides is 3. The first-order chi connectivity index (χ1) is 7.73. The van der Waals surface area contributed by atoms with Gasteiger partial charge in [-0.1, -0.05) is 29.8 Å². The van der Waals surface area contributed by atoms with E-state index in [1.165, 1.54) is 24.3 Å². The molecule has 0 spiro atoms. The highest BCUT2D eigenvalue weighted by Crippen LogP contribution is 2.28. The van der Waals surface area contributed by atoms with Gasteiger partial charge in [0.05, 0.1) is 10.6 Å². The first-order valence-electron chi connectivity index (χ1n) is 4.44. The molecule has 1 rings (SSSR count). The van der Waals surface area contributed by atoms with E-state index in [-0.39, 0.29) is 4.90 Å². The van der Waals surface area contributed by atoms with Gasteiger partial charge in [0.2, 0.25) is 0 Å². The third-order valence-corrected chi connectivity index (χ3v) is 3.82. The molecule has 0 aliphatic rings. The Balaban J connectivity index is 2.90. The fourth-order valence-electron chi connectivity index (χ4n) is 1.02. The third kappa shape index (κ3) is 4.05. The van der Waals surface area contributed by atoms with Crippen molar-refractivity contribution < 1.29 is 21.6 Å². The fraction of sp³-hybridized carbons (Fsp3) is 0.200. The van der Waals surface area contributed by atoms with Gasteiger partial charge in [0.25, 0.3) is 0 Å². The van der Waals surface area contributed by atoms with Crippen molar-refractivity contribution in [2.75, 3.05) is 5.75 Å². The predicted octanol–water partition coefficient (Wildman–Crippen LogP) is 3.15. The van der Waals surface area contributed by atoms with Crippen molar-refractivity contribution in [3.63, 3.8) is 0 Å². The van der Waals surface area contributed by atoms with Crippen molar-refractivity contribution >= 4 is 21.4 Å². The van der Waals surface area contributed by atoms with Crippen molar-refractivity contribution in [3.05, 3.63) is 41.4 Å². The maximum Gasteiger partial charge on any atom is 0.426 e. The van der Waals surface area contributed by atoms with E-state index in [2.05, 4.69) is 0 Å². The summed E-state index contributed by atoms with van der Waals surface area (Å²) in [7, 11) is -3.78. The first kappa shape index (κ1) is 14.1. The standard InChI is InChI=1S/C10H8ClF3O2S/c11-9(10(12,13)14)6-7-17(15,16)8-4-2-1-3-5-8/h1-6H,7H2/b9-6+. The van der Waals surface area contributed by atoms with Crippen LogP contribution in [0.3, 0.4) is 0 Å². The van der Waals surface area contributed by atoms with Gasteiger partial charge in [-0.2, -0.15) is 13.2 Å². The number of hydrogen-bond acceptors (Lipinski definition) is 2. The molecular formula is C10H8ClF3O2S. The Kier molecular flexibility index (Phi) is 4.21. The zero-order valence-electron chi connectivity index (χ0n) is 8.41. The Morgan fingerprint density at radius 1 is 1.24 bits per heavy atom. The van der Waals surface area contributed by atoms with Crippen molar-refractivity contribution in [1.82, 2.24) is 0 Å². The molecule has 0 heterocycles. The van der Waals surface area contributed by atoms with Gasteiger partial charge in [0.1, 0.15) is 5.03 Å². The molecule has 1 aromatic carbocycles. The van der Waals surface area contributed by atoms with Gasteiger partial charge in [-0.15, -0.1) is 0 Å². The van der Waals surface area contributed by atoms with Gasteiger partial charge in [-0.25, -0.2) is 8.42 Å². The minimum absolute atomic E-state index is 0.0390. The zero-order chi connectivity index (χ0) is 13.1. The van der Waals surface area contributed by atoms with Crippen LogP contribution < -0.4 is 0 Å². The lowest BCUT2D eigenvalue weighted by Crippen LogP contribution is -2.10. The van der Waals surface area contributed by atoms with Gasteiger partial charge < -0.3 is 0 Å². The van der Waals surface area contributed by atoms with Crippen LogP contribution in [-0.2, 0) is 9.84 Å². The number of halogens is 4. The summed E-state index contributed by atoms with van der Waals surface area (Å²) in [6.07, 6.45) is -4.27. The number of hydrogen-bond donors (Lipinski definition) is 0. The Bertz CT molecular complexity index is 506. The molecule has 0 amide bonds. The number of sulfone groups is 1. The molecule has 0 saturated carbocycles. The molecule has 0 aromatic heterocycles. The summed E-state index contributed by atoms with van der Waals surface area (Å²) in [4.78, 5) is -0.0390.